The molecule has 0 amide bonds. The molecule has 1 aromatic heterocycles. The van der Waals surface area contributed by atoms with Crippen LogP contribution in [0.4, 0.5) is 5.69 Å². The van der Waals surface area contributed by atoms with Crippen LogP contribution in [0.3, 0.4) is 0 Å². The molecule has 1 heterocycles. The van der Waals surface area contributed by atoms with Crippen LogP contribution in [0.2, 0.25) is 0 Å². The van der Waals surface area contributed by atoms with E-state index in [1.54, 1.807) is 25.1 Å². The Bertz CT molecular complexity index is 994. The van der Waals surface area contributed by atoms with E-state index in [4.69, 9.17) is 5.11 Å². The zero-order valence-corrected chi connectivity index (χ0v) is 15.3. The van der Waals surface area contributed by atoms with Crippen molar-refractivity contribution in [3.05, 3.63) is 68.7 Å². The Hall–Kier alpha value is -2.71. The Balaban J connectivity index is 2.05. The number of thioether (sulfide) groups is 1. The van der Waals surface area contributed by atoms with E-state index in [9.17, 15) is 14.9 Å². The highest BCUT2D eigenvalue weighted by atomic mass is 32.2. The first-order chi connectivity index (χ1) is 12.4. The number of aliphatic carboxylic acids is 1. The lowest BCUT2D eigenvalue weighted by Crippen LogP contribution is -1.98. The summed E-state index contributed by atoms with van der Waals surface area (Å²) in [6, 6.07) is 12.6. The number of nitro groups is 1. The molecule has 0 aliphatic heterocycles. The first kappa shape index (κ1) is 18.1. The number of nitrogens with zero attached hydrogens (tertiary/aromatic N) is 2. The van der Waals surface area contributed by atoms with Gasteiger partial charge in [0.1, 0.15) is 5.01 Å². The maximum Gasteiger partial charge on any atom is 0.313 e. The van der Waals surface area contributed by atoms with Crippen LogP contribution in [0.15, 0.2) is 42.5 Å². The number of fused-ring (bicyclic) bond motifs is 1. The van der Waals surface area contributed by atoms with Crippen LogP contribution in [0.1, 0.15) is 16.1 Å². The minimum absolute atomic E-state index is 0.0330. The number of hydrogen-bond donors (Lipinski definition) is 1. The number of nitro benzene ring substituents is 1. The first-order valence-corrected chi connectivity index (χ1v) is 9.41. The zero-order chi connectivity index (χ0) is 18.7. The van der Waals surface area contributed by atoms with Crippen molar-refractivity contribution in [2.45, 2.75) is 6.92 Å². The molecule has 2 aromatic carbocycles. The number of rotatable bonds is 6. The molecule has 0 unspecified atom stereocenters. The van der Waals surface area contributed by atoms with Gasteiger partial charge in [-0.3, -0.25) is 14.9 Å². The van der Waals surface area contributed by atoms with E-state index in [1.165, 1.54) is 17.4 Å². The third-order valence-corrected chi connectivity index (χ3v) is 5.80. The molecule has 6 nitrogen and oxygen atoms in total. The molecule has 26 heavy (non-hydrogen) atoms. The molecule has 132 valence electrons. The number of hydrogen-bond acceptors (Lipinski definition) is 6. The van der Waals surface area contributed by atoms with E-state index < -0.39 is 10.9 Å². The summed E-state index contributed by atoms with van der Waals surface area (Å²) in [4.78, 5) is 27.0. The monoisotopic (exact) mass is 386 g/mol. The van der Waals surface area contributed by atoms with Crippen LogP contribution in [0.5, 0.6) is 0 Å². The van der Waals surface area contributed by atoms with Crippen LogP contribution in [-0.2, 0) is 4.79 Å². The van der Waals surface area contributed by atoms with Gasteiger partial charge in [0, 0.05) is 16.5 Å². The van der Waals surface area contributed by atoms with E-state index in [1.807, 2.05) is 24.3 Å². The summed E-state index contributed by atoms with van der Waals surface area (Å²) in [5.74, 6) is -1.05. The number of aryl methyl sites for hydroxylation is 1. The van der Waals surface area contributed by atoms with Gasteiger partial charge in [0.2, 0.25) is 0 Å². The highest BCUT2D eigenvalue weighted by molar-refractivity contribution is 8.09. The molecule has 0 radical (unpaired) electrons. The Kier molecular flexibility index (Phi) is 5.34. The fourth-order valence-electron chi connectivity index (χ4n) is 2.35. The second-order valence-corrected chi connectivity index (χ2v) is 7.53. The maximum atomic E-state index is 11.2. The lowest BCUT2D eigenvalue weighted by molar-refractivity contribution is -0.385. The Morgan fingerprint density at radius 3 is 2.81 bits per heavy atom. The largest absolute Gasteiger partial charge is 0.481 e. The molecular weight excluding hydrogens is 372 g/mol. The van der Waals surface area contributed by atoms with E-state index in [0.29, 0.717) is 21.0 Å². The lowest BCUT2D eigenvalue weighted by atomic mass is 10.1. The third-order valence-electron chi connectivity index (χ3n) is 3.58. The summed E-state index contributed by atoms with van der Waals surface area (Å²) in [5.41, 5.74) is 2.08. The standard InChI is InChI=1S/C18H14N2O4S2/c1-11-6-7-12(8-14(11)20(23)24)9-16(25-10-17(21)22)18-19-13-4-2-3-5-15(13)26-18/h2-9H,10H2,1H3,(H,21,22)/b16-9-. The number of thiazole rings is 1. The van der Waals surface area contributed by atoms with Gasteiger partial charge >= 0.3 is 5.97 Å². The molecule has 0 saturated carbocycles. The molecule has 3 aromatic rings. The van der Waals surface area contributed by atoms with Crippen molar-refractivity contribution >= 4 is 56.0 Å². The van der Waals surface area contributed by atoms with Crippen LogP contribution in [0.25, 0.3) is 21.2 Å². The van der Waals surface area contributed by atoms with Crippen LogP contribution in [-0.4, -0.2) is 26.7 Å². The van der Waals surface area contributed by atoms with E-state index in [0.717, 1.165) is 22.0 Å². The van der Waals surface area contributed by atoms with E-state index >= 15 is 0 Å². The van der Waals surface area contributed by atoms with Gasteiger partial charge in [-0.05, 0) is 30.7 Å². The molecule has 0 atom stereocenters. The summed E-state index contributed by atoms with van der Waals surface area (Å²) in [6.45, 7) is 1.68. The van der Waals surface area contributed by atoms with Gasteiger partial charge in [0.15, 0.2) is 0 Å². The van der Waals surface area contributed by atoms with Gasteiger partial charge in [-0.1, -0.05) is 24.3 Å². The van der Waals surface area contributed by atoms with Crippen molar-refractivity contribution in [2.75, 3.05) is 5.75 Å². The van der Waals surface area contributed by atoms with Crippen molar-refractivity contribution in [1.29, 1.82) is 0 Å². The molecule has 0 spiro atoms. The average Bonchev–Trinajstić information content (AvgIpc) is 3.03. The number of carbonyl (C=O) groups is 1. The number of aromatic nitrogens is 1. The Morgan fingerprint density at radius 1 is 1.35 bits per heavy atom. The molecule has 0 saturated heterocycles. The molecule has 0 fully saturated rings. The van der Waals surface area contributed by atoms with Gasteiger partial charge in [0.05, 0.1) is 20.9 Å². The highest BCUT2D eigenvalue weighted by Crippen LogP contribution is 2.35. The molecular formula is C18H14N2O4S2. The summed E-state index contributed by atoms with van der Waals surface area (Å²) in [6.07, 6.45) is 1.75. The lowest BCUT2D eigenvalue weighted by Gasteiger charge is -2.04. The van der Waals surface area contributed by atoms with Crippen LogP contribution >= 0.6 is 23.1 Å². The second-order valence-electron chi connectivity index (χ2n) is 5.48. The maximum absolute atomic E-state index is 11.2. The first-order valence-electron chi connectivity index (χ1n) is 7.61. The minimum Gasteiger partial charge on any atom is -0.481 e. The molecule has 0 aliphatic carbocycles. The molecule has 1 N–H and O–H groups in total. The third kappa shape index (κ3) is 4.09. The average molecular weight is 386 g/mol. The normalized spacial score (nSPS) is 11.7. The van der Waals surface area contributed by atoms with Gasteiger partial charge in [-0.25, -0.2) is 4.98 Å². The molecule has 0 bridgehead atoms. The SMILES string of the molecule is Cc1ccc(/C=C(\SCC(=O)O)c2nc3ccccc3s2)cc1[N+](=O)[O-]. The van der Waals surface area contributed by atoms with Crippen molar-refractivity contribution in [3.63, 3.8) is 0 Å². The molecule has 8 heteroatoms. The minimum atomic E-state index is -0.933. The molecule has 0 aliphatic rings. The van der Waals surface area contributed by atoms with Gasteiger partial charge in [-0.15, -0.1) is 23.1 Å². The van der Waals surface area contributed by atoms with Crippen molar-refractivity contribution < 1.29 is 14.8 Å². The second kappa shape index (κ2) is 7.67. The predicted octanol–water partition coefficient (Wildman–Crippen LogP) is 4.83. The van der Waals surface area contributed by atoms with Crippen LogP contribution in [0, 0.1) is 17.0 Å². The van der Waals surface area contributed by atoms with Gasteiger partial charge < -0.3 is 5.11 Å². The zero-order valence-electron chi connectivity index (χ0n) is 13.7. The summed E-state index contributed by atoms with van der Waals surface area (Å²) in [7, 11) is 0. The molecule has 3 rings (SSSR count). The highest BCUT2D eigenvalue weighted by Gasteiger charge is 2.14. The van der Waals surface area contributed by atoms with Gasteiger partial charge in [0.25, 0.3) is 5.69 Å². The van der Waals surface area contributed by atoms with E-state index in [2.05, 4.69) is 4.98 Å². The summed E-state index contributed by atoms with van der Waals surface area (Å²) in [5, 5.41) is 20.9. The quantitative estimate of drug-likeness (QED) is 0.482. The van der Waals surface area contributed by atoms with Crippen molar-refractivity contribution in [3.8, 4) is 0 Å². The smallest absolute Gasteiger partial charge is 0.313 e. The summed E-state index contributed by atoms with van der Waals surface area (Å²) >= 11 is 2.61. The van der Waals surface area contributed by atoms with E-state index in [-0.39, 0.29) is 11.4 Å². The number of carboxylic acid groups (broad SMARTS) is 1. The number of para-hydroxylation sites is 1. The van der Waals surface area contributed by atoms with Gasteiger partial charge in [-0.2, -0.15) is 0 Å². The fourth-order valence-corrected chi connectivity index (χ4v) is 4.19. The Labute approximate surface area is 157 Å². The van der Waals surface area contributed by atoms with Crippen LogP contribution < -0.4 is 0 Å². The Morgan fingerprint density at radius 2 is 2.12 bits per heavy atom. The number of carboxylic acids is 1. The predicted molar refractivity (Wildman–Crippen MR) is 105 cm³/mol. The van der Waals surface area contributed by atoms with Crippen molar-refractivity contribution in [1.82, 2.24) is 4.98 Å². The topological polar surface area (TPSA) is 93.3 Å². The summed E-state index contributed by atoms with van der Waals surface area (Å²) < 4.78 is 0.999. The fraction of sp³-hybridized carbons (Fsp3) is 0.111. The number of benzene rings is 2. The van der Waals surface area contributed by atoms with Crippen molar-refractivity contribution in [2.24, 2.45) is 0 Å².